The molecule has 3 saturated heterocycles. The number of hydrogen-bond acceptors (Lipinski definition) is 11. The highest BCUT2D eigenvalue weighted by Gasteiger charge is 2.65. The van der Waals surface area contributed by atoms with Crippen molar-refractivity contribution in [3.63, 3.8) is 0 Å². The smallest absolute Gasteiger partial charge is 0.379 e. The quantitative estimate of drug-likeness (QED) is 0.0389. The molecule has 1 aromatic carbocycles. The molecule has 3 aliphatic rings. The lowest BCUT2D eigenvalue weighted by atomic mass is 10.00. The fraction of sp³-hybridized carbons (Fsp3) is 0.703. The number of carbonyl (C=O) groups is 5. The lowest BCUT2D eigenvalue weighted by Gasteiger charge is -2.19. The first kappa shape index (κ1) is 45.2. The van der Waals surface area contributed by atoms with Crippen LogP contribution in [0.3, 0.4) is 0 Å². The summed E-state index contributed by atoms with van der Waals surface area (Å²) in [6.45, 7) is 6.65. The molecule has 4 rings (SSSR count). The van der Waals surface area contributed by atoms with Crippen molar-refractivity contribution in [3.8, 4) is 0 Å². The van der Waals surface area contributed by atoms with Gasteiger partial charge in [-0.3, -0.25) is 19.2 Å². The number of carbonyl (C=O) groups excluding carboxylic acids is 5. The highest BCUT2D eigenvalue weighted by atomic mass is 32.2. The van der Waals surface area contributed by atoms with Crippen LogP contribution in [0.15, 0.2) is 24.3 Å². The maximum Gasteiger partial charge on any atom is 0.426 e. The molecule has 0 radical (unpaired) electrons. The molecular weight excluding hydrogens is 760 g/mol. The number of ether oxygens (including phenoxy) is 3. The Morgan fingerprint density at radius 1 is 0.857 bits per heavy atom. The Morgan fingerprint density at radius 2 is 1.48 bits per heavy atom. The molecule has 15 nitrogen and oxygen atoms in total. The van der Waals surface area contributed by atoms with E-state index in [2.05, 4.69) is 37.4 Å². The van der Waals surface area contributed by atoms with Crippen LogP contribution in [0.25, 0.3) is 0 Å². The van der Waals surface area contributed by atoms with Crippen LogP contribution in [-0.2, 0) is 34.3 Å². The number of amides is 5. The van der Waals surface area contributed by atoms with Gasteiger partial charge in [0.15, 0.2) is 0 Å². The number of rotatable bonds is 27. The van der Waals surface area contributed by atoms with Crippen molar-refractivity contribution in [2.24, 2.45) is 5.92 Å². The molecule has 56 heavy (non-hydrogen) atoms. The number of hydrogen-bond donors (Lipinski definition) is 7. The van der Waals surface area contributed by atoms with E-state index in [9.17, 15) is 37.1 Å². The number of Topliss-reactive ketones (excluding diaryl/α,β-unsaturated/α-hetero) is 1. The SMILES string of the molecule is CC(C)C(=O)CCC(NC(=O)c1ccc(C2(C(F)(F)F)NN2)cc1)C(=O)NCCCOCCOCCOCCCNC(=O)CCCCC1SC[C@@H]2NC(=O)N[C@H]12. The van der Waals surface area contributed by atoms with Gasteiger partial charge < -0.3 is 40.8 Å². The van der Waals surface area contributed by atoms with Crippen LogP contribution < -0.4 is 37.4 Å². The molecule has 3 heterocycles. The average molecular weight is 816 g/mol. The van der Waals surface area contributed by atoms with E-state index in [4.69, 9.17) is 14.2 Å². The average Bonchev–Trinajstić information content (AvgIpc) is 3.80. The van der Waals surface area contributed by atoms with Crippen molar-refractivity contribution < 1.29 is 51.4 Å². The van der Waals surface area contributed by atoms with E-state index in [1.807, 2.05) is 11.8 Å². The van der Waals surface area contributed by atoms with Gasteiger partial charge >= 0.3 is 12.2 Å². The number of hydrazine groups is 1. The first-order valence-electron chi connectivity index (χ1n) is 19.3. The topological polar surface area (TPSA) is 217 Å². The molecular formula is C37H56F3N7O8S. The highest BCUT2D eigenvalue weighted by Crippen LogP contribution is 2.42. The van der Waals surface area contributed by atoms with E-state index in [1.165, 1.54) is 24.3 Å². The minimum Gasteiger partial charge on any atom is -0.379 e. The highest BCUT2D eigenvalue weighted by molar-refractivity contribution is 8.00. The van der Waals surface area contributed by atoms with Gasteiger partial charge in [0.2, 0.25) is 17.5 Å². The van der Waals surface area contributed by atoms with Gasteiger partial charge in [-0.25, -0.2) is 15.6 Å². The third-order valence-corrected chi connectivity index (χ3v) is 11.2. The molecule has 1 aromatic rings. The minimum absolute atomic E-state index is 0.0334. The Balaban J connectivity index is 0.979. The molecule has 0 spiro atoms. The number of ketones is 1. The van der Waals surface area contributed by atoms with E-state index < -0.39 is 29.7 Å². The summed E-state index contributed by atoms with van der Waals surface area (Å²) in [5.74, 6) is -0.479. The van der Waals surface area contributed by atoms with Gasteiger partial charge in [0.05, 0.1) is 38.5 Å². The Morgan fingerprint density at radius 3 is 2.09 bits per heavy atom. The number of urea groups is 1. The van der Waals surface area contributed by atoms with Crippen molar-refractivity contribution in [1.29, 1.82) is 0 Å². The lowest BCUT2D eigenvalue weighted by molar-refractivity contribution is -0.165. The summed E-state index contributed by atoms with van der Waals surface area (Å²) in [4.78, 5) is 61.8. The summed E-state index contributed by atoms with van der Waals surface area (Å²) >= 11 is 1.88. The van der Waals surface area contributed by atoms with E-state index >= 15 is 0 Å². The molecule has 7 N–H and O–H groups in total. The van der Waals surface area contributed by atoms with Crippen molar-refractivity contribution in [2.45, 2.75) is 100 Å². The monoisotopic (exact) mass is 815 g/mol. The molecule has 0 aliphatic carbocycles. The predicted molar refractivity (Wildman–Crippen MR) is 202 cm³/mol. The summed E-state index contributed by atoms with van der Waals surface area (Å²) in [5, 5.41) is 14.6. The van der Waals surface area contributed by atoms with E-state index in [0.717, 1.165) is 25.0 Å². The molecule has 0 bridgehead atoms. The van der Waals surface area contributed by atoms with Crippen molar-refractivity contribution in [1.82, 2.24) is 37.4 Å². The Kier molecular flexibility index (Phi) is 18.1. The summed E-state index contributed by atoms with van der Waals surface area (Å²) < 4.78 is 56.8. The van der Waals surface area contributed by atoms with Crippen molar-refractivity contribution in [3.05, 3.63) is 35.4 Å². The zero-order valence-electron chi connectivity index (χ0n) is 32.0. The molecule has 3 aliphatic heterocycles. The summed E-state index contributed by atoms with van der Waals surface area (Å²) in [6.07, 6.45) is -0.0312. The summed E-state index contributed by atoms with van der Waals surface area (Å²) in [5.41, 5.74) is 1.83. The number of thioether (sulfide) groups is 1. The maximum atomic E-state index is 13.4. The normalized spacial score (nSPS) is 20.2. The van der Waals surface area contributed by atoms with Gasteiger partial charge in [-0.1, -0.05) is 32.4 Å². The van der Waals surface area contributed by atoms with E-state index in [0.29, 0.717) is 70.7 Å². The molecule has 4 atom stereocenters. The molecule has 314 valence electrons. The Hall–Kier alpha value is -3.49. The van der Waals surface area contributed by atoms with Crippen LogP contribution in [0, 0.1) is 5.92 Å². The Bertz CT molecular complexity index is 1450. The van der Waals surface area contributed by atoms with Crippen LogP contribution in [0.4, 0.5) is 18.0 Å². The second-order valence-corrected chi connectivity index (χ2v) is 15.6. The number of fused-ring (bicyclic) bond motifs is 1. The van der Waals surface area contributed by atoms with Gasteiger partial charge in [-0.15, -0.1) is 0 Å². The number of unbranched alkanes of at least 4 members (excludes halogenated alkanes) is 1. The van der Waals surface area contributed by atoms with Crippen LogP contribution in [0.1, 0.15) is 81.1 Å². The summed E-state index contributed by atoms with van der Waals surface area (Å²) in [7, 11) is 0. The molecule has 19 heteroatoms. The Labute approximate surface area is 329 Å². The van der Waals surface area contributed by atoms with Gasteiger partial charge in [0.1, 0.15) is 11.8 Å². The van der Waals surface area contributed by atoms with E-state index in [-0.39, 0.29) is 66.2 Å². The third-order valence-electron chi connectivity index (χ3n) is 9.70. The fourth-order valence-corrected chi connectivity index (χ4v) is 7.83. The number of alkyl halides is 3. The van der Waals surface area contributed by atoms with Crippen LogP contribution in [-0.4, -0.2) is 118 Å². The second-order valence-electron chi connectivity index (χ2n) is 14.3. The number of halogens is 3. The van der Waals surface area contributed by atoms with E-state index in [1.54, 1.807) is 13.8 Å². The molecule has 2 unspecified atom stereocenters. The molecule has 0 saturated carbocycles. The largest absolute Gasteiger partial charge is 0.426 e. The van der Waals surface area contributed by atoms with Gasteiger partial charge in [0.25, 0.3) is 5.91 Å². The van der Waals surface area contributed by atoms with Crippen molar-refractivity contribution >= 4 is 41.3 Å². The fourth-order valence-electron chi connectivity index (χ4n) is 6.28. The molecule has 5 amide bonds. The van der Waals surface area contributed by atoms with Crippen LogP contribution in [0.5, 0.6) is 0 Å². The zero-order valence-corrected chi connectivity index (χ0v) is 32.8. The number of benzene rings is 1. The van der Waals surface area contributed by atoms with Gasteiger partial charge in [-0.05, 0) is 49.8 Å². The standard InChI is InChI=1S/C37H56F3N7O8S/c1-24(2)29(48)14-13-27(43-33(50)25-9-11-26(12-10-25)36(46-47-36)37(38,39)40)34(51)42-16-6-18-54-20-22-55-21-19-53-17-5-15-41-31(49)8-4-3-7-30-32-28(23-56-30)44-35(52)45-32/h9-12,24,27-28,30,32,46-47H,3-8,13-23H2,1-2H3,(H,41,49)(H,42,51)(H,43,50)(H2,44,45,52)/t27?,28-,30?,32-/m0/s1. The third kappa shape index (κ3) is 14.2. The van der Waals surface area contributed by atoms with Crippen LogP contribution >= 0.6 is 11.8 Å². The predicted octanol–water partition coefficient (Wildman–Crippen LogP) is 2.40. The second kappa shape index (κ2) is 22.4. The zero-order chi connectivity index (χ0) is 40.6. The maximum absolute atomic E-state index is 13.4. The minimum atomic E-state index is -4.58. The van der Waals surface area contributed by atoms with Gasteiger partial charge in [0, 0.05) is 61.6 Å². The molecule has 3 fully saturated rings. The first-order valence-corrected chi connectivity index (χ1v) is 20.4. The van der Waals surface area contributed by atoms with Gasteiger partial charge in [-0.2, -0.15) is 24.9 Å². The lowest BCUT2D eigenvalue weighted by Crippen LogP contribution is -2.47. The van der Waals surface area contributed by atoms with Crippen molar-refractivity contribution in [2.75, 3.05) is 58.5 Å². The first-order chi connectivity index (χ1) is 26.8. The summed E-state index contributed by atoms with van der Waals surface area (Å²) in [6, 6.07) is 4.18. The number of nitrogens with one attached hydrogen (secondary N) is 7. The molecule has 0 aromatic heterocycles. The van der Waals surface area contributed by atoms with Crippen LogP contribution in [0.2, 0.25) is 0 Å².